The van der Waals surface area contributed by atoms with Crippen LogP contribution in [0.5, 0.6) is 5.88 Å². The van der Waals surface area contributed by atoms with Crippen LogP contribution in [0.4, 0.5) is 11.4 Å². The van der Waals surface area contributed by atoms with Crippen molar-refractivity contribution in [2.75, 3.05) is 17.6 Å². The molecule has 1 aromatic heterocycles. The summed E-state index contributed by atoms with van der Waals surface area (Å²) in [5.41, 5.74) is 7.03. The van der Waals surface area contributed by atoms with Gasteiger partial charge in [0, 0.05) is 11.8 Å². The second-order valence-corrected chi connectivity index (χ2v) is 5.82. The molecule has 1 aromatic carbocycles. The number of hydrogen-bond acceptors (Lipinski definition) is 5. The maximum Gasteiger partial charge on any atom is 0.262 e. The Balaban J connectivity index is 2.33. The fraction of sp³-hybridized carbons (Fsp3) is 0.154. The zero-order valence-corrected chi connectivity index (χ0v) is 11.9. The summed E-state index contributed by atoms with van der Waals surface area (Å²) in [6.07, 6.45) is 1.39. The second kappa shape index (κ2) is 5.38. The molecule has 0 bridgehead atoms. The Kier molecular flexibility index (Phi) is 3.80. The Morgan fingerprint density at radius 3 is 2.60 bits per heavy atom. The first kappa shape index (κ1) is 14.1. The van der Waals surface area contributed by atoms with Crippen LogP contribution in [0.25, 0.3) is 0 Å². The minimum atomic E-state index is -3.70. The van der Waals surface area contributed by atoms with Gasteiger partial charge in [0.05, 0.1) is 23.9 Å². The van der Waals surface area contributed by atoms with Crippen LogP contribution in [0.15, 0.2) is 41.4 Å². The Hall–Kier alpha value is -2.28. The Morgan fingerprint density at radius 1 is 1.25 bits per heavy atom. The average Bonchev–Trinajstić information content (AvgIpc) is 2.42. The summed E-state index contributed by atoms with van der Waals surface area (Å²) < 4.78 is 32.0. The van der Waals surface area contributed by atoms with Gasteiger partial charge < -0.3 is 10.5 Å². The molecule has 0 aliphatic carbocycles. The number of nitrogens with two attached hydrogens (primary N) is 1. The number of hydrogen-bond donors (Lipinski definition) is 2. The molecule has 0 aliphatic heterocycles. The van der Waals surface area contributed by atoms with Gasteiger partial charge in [-0.1, -0.05) is 6.07 Å². The largest absolute Gasteiger partial charge is 0.481 e. The number of nitrogens with one attached hydrogen (secondary N) is 1. The highest BCUT2D eigenvalue weighted by molar-refractivity contribution is 7.92. The van der Waals surface area contributed by atoms with Gasteiger partial charge in [0.25, 0.3) is 10.0 Å². The van der Waals surface area contributed by atoms with E-state index in [-0.39, 0.29) is 4.90 Å². The number of benzene rings is 1. The number of aromatic nitrogens is 1. The molecule has 0 spiro atoms. The zero-order chi connectivity index (χ0) is 14.8. The molecule has 0 radical (unpaired) electrons. The van der Waals surface area contributed by atoms with Crippen LogP contribution in [0, 0.1) is 6.92 Å². The van der Waals surface area contributed by atoms with Crippen molar-refractivity contribution < 1.29 is 13.2 Å². The highest BCUT2D eigenvalue weighted by Crippen LogP contribution is 2.23. The van der Waals surface area contributed by atoms with E-state index in [1.54, 1.807) is 31.2 Å². The number of nitrogens with zero attached hydrogens (tertiary/aromatic N) is 1. The van der Waals surface area contributed by atoms with Crippen LogP contribution in [0.2, 0.25) is 0 Å². The molecule has 0 atom stereocenters. The molecule has 0 amide bonds. The molecule has 20 heavy (non-hydrogen) atoms. The Labute approximate surface area is 117 Å². The molecule has 0 saturated carbocycles. The van der Waals surface area contributed by atoms with Gasteiger partial charge >= 0.3 is 0 Å². The summed E-state index contributed by atoms with van der Waals surface area (Å²) in [6, 6.07) is 7.91. The van der Waals surface area contributed by atoms with Crippen LogP contribution >= 0.6 is 0 Å². The van der Waals surface area contributed by atoms with Crippen LogP contribution in [-0.4, -0.2) is 20.5 Å². The maximum atomic E-state index is 12.3. The molecule has 7 heteroatoms. The minimum absolute atomic E-state index is 0.147. The third-order valence-electron chi connectivity index (χ3n) is 2.81. The smallest absolute Gasteiger partial charge is 0.262 e. The predicted octanol–water partition coefficient (Wildman–Crippen LogP) is 1.78. The molecule has 0 fully saturated rings. The van der Waals surface area contributed by atoms with Crippen molar-refractivity contribution in [2.45, 2.75) is 11.8 Å². The Morgan fingerprint density at radius 2 is 2.00 bits per heavy atom. The SMILES string of the molecule is COc1ccc(NS(=O)(=O)c2cccc(N)c2C)cn1. The van der Waals surface area contributed by atoms with Crippen LogP contribution in [0.3, 0.4) is 0 Å². The fourth-order valence-electron chi connectivity index (χ4n) is 1.69. The number of nitrogen functional groups attached to an aromatic ring is 1. The summed E-state index contributed by atoms with van der Waals surface area (Å²) in [7, 11) is -2.21. The number of rotatable bonds is 4. The third kappa shape index (κ3) is 2.83. The minimum Gasteiger partial charge on any atom is -0.481 e. The third-order valence-corrected chi connectivity index (χ3v) is 4.34. The summed E-state index contributed by atoms with van der Waals surface area (Å²) in [6.45, 7) is 1.66. The first-order chi connectivity index (χ1) is 9.44. The average molecular weight is 293 g/mol. The number of pyridine rings is 1. The van der Waals surface area contributed by atoms with E-state index in [4.69, 9.17) is 10.5 Å². The summed E-state index contributed by atoms with van der Waals surface area (Å²) in [4.78, 5) is 4.09. The number of sulfonamides is 1. The number of anilines is 2. The van der Waals surface area contributed by atoms with Gasteiger partial charge in [-0.25, -0.2) is 13.4 Å². The maximum absolute atomic E-state index is 12.3. The van der Waals surface area contributed by atoms with Gasteiger partial charge in [-0.05, 0) is 30.7 Å². The van der Waals surface area contributed by atoms with E-state index in [0.717, 1.165) is 0 Å². The monoisotopic (exact) mass is 293 g/mol. The van der Waals surface area contributed by atoms with Gasteiger partial charge in [0.2, 0.25) is 5.88 Å². The van der Waals surface area contributed by atoms with E-state index in [1.165, 1.54) is 19.4 Å². The standard InChI is InChI=1S/C13H15N3O3S/c1-9-11(14)4-3-5-12(9)20(17,18)16-10-6-7-13(19-2)15-8-10/h3-8,16H,14H2,1-2H3. The van der Waals surface area contributed by atoms with Crippen LogP contribution in [-0.2, 0) is 10.0 Å². The molecule has 0 saturated heterocycles. The molecular weight excluding hydrogens is 278 g/mol. The fourth-order valence-corrected chi connectivity index (χ4v) is 3.01. The molecule has 2 rings (SSSR count). The molecule has 2 aromatic rings. The van der Waals surface area contributed by atoms with E-state index in [2.05, 4.69) is 9.71 Å². The molecule has 106 valence electrons. The van der Waals surface area contributed by atoms with Crippen LogP contribution < -0.4 is 15.2 Å². The first-order valence-corrected chi connectivity index (χ1v) is 7.30. The summed E-state index contributed by atoms with van der Waals surface area (Å²) >= 11 is 0. The highest BCUT2D eigenvalue weighted by atomic mass is 32.2. The molecule has 1 heterocycles. The molecule has 6 nitrogen and oxygen atoms in total. The van der Waals surface area contributed by atoms with Crippen molar-refractivity contribution >= 4 is 21.4 Å². The van der Waals surface area contributed by atoms with Crippen molar-refractivity contribution in [2.24, 2.45) is 0 Å². The van der Waals surface area contributed by atoms with Crippen molar-refractivity contribution in [1.82, 2.24) is 4.98 Å². The van der Waals surface area contributed by atoms with Gasteiger partial charge in [-0.2, -0.15) is 0 Å². The van der Waals surface area contributed by atoms with E-state index in [9.17, 15) is 8.42 Å². The van der Waals surface area contributed by atoms with Crippen LogP contribution in [0.1, 0.15) is 5.56 Å². The Bertz CT molecular complexity index is 712. The van der Waals surface area contributed by atoms with Gasteiger partial charge in [0.1, 0.15) is 0 Å². The van der Waals surface area contributed by atoms with Crippen molar-refractivity contribution in [3.63, 3.8) is 0 Å². The van der Waals surface area contributed by atoms with E-state index < -0.39 is 10.0 Å². The zero-order valence-electron chi connectivity index (χ0n) is 11.1. The predicted molar refractivity (Wildman–Crippen MR) is 77.2 cm³/mol. The lowest BCUT2D eigenvalue weighted by Crippen LogP contribution is -2.15. The quantitative estimate of drug-likeness (QED) is 0.838. The topological polar surface area (TPSA) is 94.3 Å². The number of ether oxygens (including phenoxy) is 1. The highest BCUT2D eigenvalue weighted by Gasteiger charge is 2.18. The molecular formula is C13H15N3O3S. The van der Waals surface area contributed by atoms with Gasteiger partial charge in [0.15, 0.2) is 0 Å². The first-order valence-electron chi connectivity index (χ1n) is 5.82. The lowest BCUT2D eigenvalue weighted by molar-refractivity contribution is 0.398. The lowest BCUT2D eigenvalue weighted by Gasteiger charge is -2.11. The van der Waals surface area contributed by atoms with Crippen molar-refractivity contribution in [3.8, 4) is 5.88 Å². The van der Waals surface area contributed by atoms with E-state index >= 15 is 0 Å². The van der Waals surface area contributed by atoms with Crippen molar-refractivity contribution in [3.05, 3.63) is 42.1 Å². The van der Waals surface area contributed by atoms with Gasteiger partial charge in [-0.15, -0.1) is 0 Å². The lowest BCUT2D eigenvalue weighted by atomic mass is 10.2. The second-order valence-electron chi connectivity index (χ2n) is 4.17. The normalized spacial score (nSPS) is 11.1. The summed E-state index contributed by atoms with van der Waals surface area (Å²) in [5.74, 6) is 0.410. The molecule has 0 aliphatic rings. The van der Waals surface area contributed by atoms with E-state index in [1.807, 2.05) is 0 Å². The van der Waals surface area contributed by atoms with Crippen molar-refractivity contribution in [1.29, 1.82) is 0 Å². The number of methoxy groups -OCH3 is 1. The summed E-state index contributed by atoms with van der Waals surface area (Å²) in [5, 5.41) is 0. The van der Waals surface area contributed by atoms with Gasteiger partial charge in [-0.3, -0.25) is 4.72 Å². The molecule has 3 N–H and O–H groups in total. The molecule has 0 unspecified atom stereocenters. The van der Waals surface area contributed by atoms with E-state index in [0.29, 0.717) is 22.8 Å².